The first-order valence-electron chi connectivity index (χ1n) is 11.9. The first-order chi connectivity index (χ1) is 18.0. The molecule has 0 bridgehead atoms. The molecule has 0 saturated carbocycles. The minimum Gasteiger partial charge on any atom is -0.454 e. The van der Waals surface area contributed by atoms with Crippen LogP contribution in [-0.4, -0.2) is 27.9 Å². The molecule has 0 radical (unpaired) electrons. The molecule has 0 saturated heterocycles. The Bertz CT molecular complexity index is 1540. The Balaban J connectivity index is 1.41. The average Bonchev–Trinajstić information content (AvgIpc) is 3.35. The van der Waals surface area contributed by atoms with E-state index < -0.39 is 0 Å². The van der Waals surface area contributed by atoms with Gasteiger partial charge in [-0.2, -0.15) is 0 Å². The number of benzene rings is 3. The van der Waals surface area contributed by atoms with Gasteiger partial charge in [0.2, 0.25) is 12.7 Å². The molecule has 4 aromatic rings. The zero-order valence-electron chi connectivity index (χ0n) is 20.2. The van der Waals surface area contributed by atoms with E-state index in [0.29, 0.717) is 53.6 Å². The molecule has 6 rings (SSSR count). The van der Waals surface area contributed by atoms with Gasteiger partial charge in [-0.3, -0.25) is 19.2 Å². The lowest BCUT2D eigenvalue weighted by Gasteiger charge is -2.38. The van der Waals surface area contributed by atoms with Crippen LogP contribution >= 0.6 is 23.2 Å². The lowest BCUT2D eigenvalue weighted by Crippen LogP contribution is -2.47. The highest BCUT2D eigenvalue weighted by Crippen LogP contribution is 2.36. The second-order valence-electron chi connectivity index (χ2n) is 9.19. The van der Waals surface area contributed by atoms with Crippen LogP contribution in [0, 0.1) is 6.92 Å². The molecule has 0 atom stereocenters. The summed E-state index contributed by atoms with van der Waals surface area (Å²) >= 11 is 12.8. The fourth-order valence-electron chi connectivity index (χ4n) is 4.81. The lowest BCUT2D eigenvalue weighted by atomic mass is 10.1. The van der Waals surface area contributed by atoms with Gasteiger partial charge in [-0.1, -0.05) is 59.6 Å². The van der Waals surface area contributed by atoms with E-state index in [1.807, 2.05) is 66.4 Å². The molecule has 0 aliphatic carbocycles. The van der Waals surface area contributed by atoms with E-state index in [-0.39, 0.29) is 12.4 Å². The van der Waals surface area contributed by atoms with Crippen LogP contribution < -0.4 is 19.9 Å². The van der Waals surface area contributed by atoms with Crippen molar-refractivity contribution in [2.45, 2.75) is 26.6 Å². The van der Waals surface area contributed by atoms with Crippen molar-refractivity contribution in [3.8, 4) is 11.5 Å². The molecule has 2 aliphatic rings. The van der Waals surface area contributed by atoms with Crippen LogP contribution in [0.4, 0.5) is 11.6 Å². The molecule has 1 aromatic heterocycles. The highest BCUT2D eigenvalue weighted by Gasteiger charge is 2.29. The number of anilines is 2. The van der Waals surface area contributed by atoms with Crippen LogP contribution in [0.15, 0.2) is 71.5 Å². The van der Waals surface area contributed by atoms with Crippen molar-refractivity contribution in [1.29, 1.82) is 0 Å². The molecule has 0 spiro atoms. The van der Waals surface area contributed by atoms with Crippen LogP contribution in [0.5, 0.6) is 11.5 Å². The van der Waals surface area contributed by atoms with Crippen molar-refractivity contribution in [3.63, 3.8) is 0 Å². The summed E-state index contributed by atoms with van der Waals surface area (Å²) in [5, 5.41) is 1.03. The zero-order valence-corrected chi connectivity index (χ0v) is 21.7. The van der Waals surface area contributed by atoms with Gasteiger partial charge in [0.25, 0.3) is 5.56 Å². The maximum Gasteiger partial charge on any atom is 0.259 e. The van der Waals surface area contributed by atoms with E-state index in [1.165, 1.54) is 0 Å². The molecule has 9 heteroatoms. The van der Waals surface area contributed by atoms with E-state index >= 15 is 0 Å². The summed E-state index contributed by atoms with van der Waals surface area (Å²) in [5.41, 5.74) is 4.18. The standard InChI is InChI=1S/C28H24Cl2N4O3/c1-18-22(11-19-5-3-2-4-6-19)27(35)34-16-32(14-20-7-10-25-26(12-20)37-17-36-25)15-33(28(34)31-18)24-9-8-21(29)13-23(24)30/h2-10,12-13H,11,14-17H2,1H3. The fraction of sp³-hybridized carbons (Fsp3) is 0.214. The maximum absolute atomic E-state index is 13.9. The Morgan fingerprint density at radius 2 is 1.73 bits per heavy atom. The summed E-state index contributed by atoms with van der Waals surface area (Å²) < 4.78 is 12.7. The lowest BCUT2D eigenvalue weighted by molar-refractivity contribution is 0.173. The summed E-state index contributed by atoms with van der Waals surface area (Å²) in [6.07, 6.45) is 0.517. The normalized spacial score (nSPS) is 14.6. The molecule has 0 N–H and O–H groups in total. The van der Waals surface area contributed by atoms with Crippen LogP contribution in [0.1, 0.15) is 22.4 Å². The van der Waals surface area contributed by atoms with Gasteiger partial charge in [0.15, 0.2) is 11.5 Å². The number of rotatable bonds is 5. The van der Waals surface area contributed by atoms with E-state index in [9.17, 15) is 4.79 Å². The molecular weight excluding hydrogens is 511 g/mol. The SMILES string of the molecule is Cc1nc2n(c(=O)c1Cc1ccccc1)CN(Cc1ccc3c(c1)OCO3)CN2c1ccc(Cl)cc1Cl. The highest BCUT2D eigenvalue weighted by atomic mass is 35.5. The van der Waals surface area contributed by atoms with Crippen LogP contribution in [0.3, 0.4) is 0 Å². The summed E-state index contributed by atoms with van der Waals surface area (Å²) in [6, 6.07) is 21.2. The molecule has 37 heavy (non-hydrogen) atoms. The number of hydrogen-bond donors (Lipinski definition) is 0. The van der Waals surface area contributed by atoms with E-state index in [2.05, 4.69) is 4.90 Å². The third-order valence-electron chi connectivity index (χ3n) is 6.64. The van der Waals surface area contributed by atoms with Gasteiger partial charge in [0.1, 0.15) is 0 Å². The third kappa shape index (κ3) is 4.66. The molecule has 3 aromatic carbocycles. The minimum atomic E-state index is -0.0585. The van der Waals surface area contributed by atoms with Gasteiger partial charge in [0.05, 0.1) is 29.7 Å². The van der Waals surface area contributed by atoms with E-state index in [4.69, 9.17) is 37.7 Å². The number of ether oxygens (including phenoxy) is 2. The van der Waals surface area contributed by atoms with Crippen molar-refractivity contribution in [2.75, 3.05) is 18.4 Å². The summed E-state index contributed by atoms with van der Waals surface area (Å²) in [4.78, 5) is 22.9. The third-order valence-corrected chi connectivity index (χ3v) is 7.18. The van der Waals surface area contributed by atoms with Gasteiger partial charge >= 0.3 is 0 Å². The Hall–Kier alpha value is -3.52. The molecule has 2 aliphatic heterocycles. The molecule has 3 heterocycles. The first kappa shape index (κ1) is 23.9. The number of nitrogens with zero attached hydrogens (tertiary/aromatic N) is 4. The summed E-state index contributed by atoms with van der Waals surface area (Å²) in [7, 11) is 0. The number of fused-ring (bicyclic) bond motifs is 2. The van der Waals surface area contributed by atoms with Gasteiger partial charge in [0, 0.05) is 23.6 Å². The van der Waals surface area contributed by atoms with E-state index in [0.717, 1.165) is 28.3 Å². The highest BCUT2D eigenvalue weighted by molar-refractivity contribution is 6.36. The Morgan fingerprint density at radius 1 is 0.919 bits per heavy atom. The summed E-state index contributed by atoms with van der Waals surface area (Å²) in [5.74, 6) is 2.03. The molecule has 0 fully saturated rings. The second-order valence-corrected chi connectivity index (χ2v) is 10.0. The summed E-state index contributed by atoms with van der Waals surface area (Å²) in [6.45, 7) is 3.58. The van der Waals surface area contributed by atoms with Gasteiger partial charge < -0.3 is 9.47 Å². The maximum atomic E-state index is 13.9. The Morgan fingerprint density at radius 3 is 2.54 bits per heavy atom. The first-order valence-corrected chi connectivity index (χ1v) is 12.7. The van der Waals surface area contributed by atoms with Crippen molar-refractivity contribution >= 4 is 34.8 Å². The minimum absolute atomic E-state index is 0.0585. The Labute approximate surface area is 224 Å². The van der Waals surface area contributed by atoms with Crippen molar-refractivity contribution in [3.05, 3.63) is 110 Å². The van der Waals surface area contributed by atoms with Gasteiger partial charge in [-0.25, -0.2) is 4.98 Å². The van der Waals surface area contributed by atoms with Crippen molar-refractivity contribution in [1.82, 2.24) is 14.5 Å². The quantitative estimate of drug-likeness (QED) is 0.325. The second kappa shape index (κ2) is 9.74. The monoisotopic (exact) mass is 534 g/mol. The van der Waals surface area contributed by atoms with Crippen LogP contribution in [-0.2, 0) is 19.6 Å². The van der Waals surface area contributed by atoms with Crippen LogP contribution in [0.25, 0.3) is 0 Å². The average molecular weight is 535 g/mol. The molecule has 0 amide bonds. The van der Waals surface area contributed by atoms with Gasteiger partial charge in [-0.15, -0.1) is 0 Å². The van der Waals surface area contributed by atoms with E-state index in [1.54, 1.807) is 16.7 Å². The zero-order chi connectivity index (χ0) is 25.5. The predicted octanol–water partition coefficient (Wildman–Crippen LogP) is 5.75. The molecular formula is C28H24Cl2N4O3. The fourth-order valence-corrected chi connectivity index (χ4v) is 5.32. The topological polar surface area (TPSA) is 59.8 Å². The van der Waals surface area contributed by atoms with Crippen molar-refractivity contribution in [2.24, 2.45) is 0 Å². The number of halogens is 2. The number of hydrogen-bond acceptors (Lipinski definition) is 6. The Kier molecular flexibility index (Phi) is 6.28. The molecule has 188 valence electrons. The van der Waals surface area contributed by atoms with Crippen LogP contribution in [0.2, 0.25) is 10.0 Å². The molecule has 7 nitrogen and oxygen atoms in total. The predicted molar refractivity (Wildman–Crippen MR) is 144 cm³/mol. The number of aryl methyl sites for hydroxylation is 1. The van der Waals surface area contributed by atoms with Crippen molar-refractivity contribution < 1.29 is 9.47 Å². The largest absolute Gasteiger partial charge is 0.454 e. The number of aromatic nitrogens is 2. The smallest absolute Gasteiger partial charge is 0.259 e. The molecule has 0 unspecified atom stereocenters. The van der Waals surface area contributed by atoms with Gasteiger partial charge in [-0.05, 0) is 48.4 Å².